The summed E-state index contributed by atoms with van der Waals surface area (Å²) >= 11 is 0. The summed E-state index contributed by atoms with van der Waals surface area (Å²) in [5.41, 5.74) is 1.94. The van der Waals surface area contributed by atoms with E-state index in [0.717, 1.165) is 5.69 Å². The van der Waals surface area contributed by atoms with Gasteiger partial charge in [0.15, 0.2) is 0 Å². The van der Waals surface area contributed by atoms with Gasteiger partial charge >= 0.3 is 0 Å². The van der Waals surface area contributed by atoms with Crippen molar-refractivity contribution in [2.75, 3.05) is 32.1 Å². The Morgan fingerprint density at radius 2 is 1.89 bits per heavy atom. The first-order valence-electron chi connectivity index (χ1n) is 8.92. The number of β-amino-alcohol motifs (C(OH)–C–C–N with tert-alkyl or cyclic N) is 1. The van der Waals surface area contributed by atoms with Gasteiger partial charge in [0.2, 0.25) is 0 Å². The minimum absolute atomic E-state index is 0.114. The predicted molar refractivity (Wildman–Crippen MR) is 103 cm³/mol. The molecule has 2 amide bonds. The number of nitrogens with zero attached hydrogens (tertiary/aromatic N) is 3. The molecule has 2 unspecified atom stereocenters. The molecule has 1 aromatic carbocycles. The van der Waals surface area contributed by atoms with Gasteiger partial charge < -0.3 is 20.2 Å². The molecular formula is C20H24N4O3. The molecule has 142 valence electrons. The maximum absolute atomic E-state index is 12.9. The summed E-state index contributed by atoms with van der Waals surface area (Å²) in [6.45, 7) is 0.654. The van der Waals surface area contributed by atoms with E-state index in [2.05, 4.69) is 10.3 Å². The Hall–Kier alpha value is -2.93. The molecule has 0 spiro atoms. The van der Waals surface area contributed by atoms with Gasteiger partial charge in [0.1, 0.15) is 0 Å². The van der Waals surface area contributed by atoms with Gasteiger partial charge in [0.05, 0.1) is 17.7 Å². The predicted octanol–water partition coefficient (Wildman–Crippen LogP) is 1.15. The number of carbonyl (C=O) groups is 2. The maximum atomic E-state index is 12.9. The number of carbonyl (C=O) groups excluding carboxylic acids is 2. The first kappa shape index (κ1) is 18.8. The molecule has 27 heavy (non-hydrogen) atoms. The van der Waals surface area contributed by atoms with Crippen LogP contribution in [-0.2, 0) is 0 Å². The van der Waals surface area contributed by atoms with Crippen molar-refractivity contribution < 1.29 is 14.7 Å². The second-order valence-electron chi connectivity index (χ2n) is 6.83. The van der Waals surface area contributed by atoms with Crippen molar-refractivity contribution in [3.8, 4) is 0 Å². The minimum atomic E-state index is -0.819. The van der Waals surface area contributed by atoms with Crippen LogP contribution in [0.2, 0.25) is 0 Å². The van der Waals surface area contributed by atoms with E-state index >= 15 is 0 Å². The monoisotopic (exact) mass is 368 g/mol. The van der Waals surface area contributed by atoms with Crippen LogP contribution in [0.1, 0.15) is 27.1 Å². The second-order valence-corrected chi connectivity index (χ2v) is 6.83. The normalized spacial score (nSPS) is 19.4. The van der Waals surface area contributed by atoms with Gasteiger partial charge in [-0.25, -0.2) is 0 Å². The Balaban J connectivity index is 1.65. The van der Waals surface area contributed by atoms with E-state index < -0.39 is 6.10 Å². The van der Waals surface area contributed by atoms with Crippen molar-refractivity contribution in [1.29, 1.82) is 0 Å². The molecule has 1 fully saturated rings. The van der Waals surface area contributed by atoms with Crippen LogP contribution >= 0.6 is 0 Å². The highest BCUT2D eigenvalue weighted by atomic mass is 16.3. The number of amides is 2. The molecule has 7 heteroatoms. The lowest BCUT2D eigenvalue weighted by Crippen LogP contribution is -2.55. The Labute approximate surface area is 158 Å². The number of aromatic nitrogens is 1. The zero-order chi connectivity index (χ0) is 19.4. The van der Waals surface area contributed by atoms with Crippen LogP contribution in [0.25, 0.3) is 0 Å². The lowest BCUT2D eigenvalue weighted by atomic mass is 10.00. The minimum Gasteiger partial charge on any atom is -0.389 e. The highest BCUT2D eigenvalue weighted by Gasteiger charge is 2.32. The average Bonchev–Trinajstić information content (AvgIpc) is 2.69. The van der Waals surface area contributed by atoms with Crippen LogP contribution in [0.3, 0.4) is 0 Å². The molecule has 1 aliphatic heterocycles. The SMILES string of the molecule is CN(C)c1ccccc1C(=O)N1CCC(NC(=O)c2ccncc2)C(O)C1. The van der Waals surface area contributed by atoms with E-state index in [0.29, 0.717) is 24.1 Å². The number of piperidine rings is 1. The summed E-state index contributed by atoms with van der Waals surface area (Å²) < 4.78 is 0. The topological polar surface area (TPSA) is 85.8 Å². The van der Waals surface area contributed by atoms with E-state index in [1.54, 1.807) is 35.5 Å². The lowest BCUT2D eigenvalue weighted by molar-refractivity contribution is 0.0315. The van der Waals surface area contributed by atoms with Crippen molar-refractivity contribution in [2.24, 2.45) is 0 Å². The first-order chi connectivity index (χ1) is 13.0. The fourth-order valence-corrected chi connectivity index (χ4v) is 3.25. The number of aliphatic hydroxyl groups is 1. The first-order valence-corrected chi connectivity index (χ1v) is 8.92. The third kappa shape index (κ3) is 4.25. The highest BCUT2D eigenvalue weighted by Crippen LogP contribution is 2.22. The number of likely N-dealkylation sites (tertiary alicyclic amines) is 1. The molecule has 0 radical (unpaired) electrons. The molecule has 0 aliphatic carbocycles. The van der Waals surface area contributed by atoms with Crippen LogP contribution in [0.15, 0.2) is 48.8 Å². The van der Waals surface area contributed by atoms with Gasteiger partial charge in [-0.3, -0.25) is 14.6 Å². The average molecular weight is 368 g/mol. The number of pyridine rings is 1. The molecular weight excluding hydrogens is 344 g/mol. The van der Waals surface area contributed by atoms with Gasteiger partial charge in [-0.2, -0.15) is 0 Å². The van der Waals surface area contributed by atoms with E-state index in [9.17, 15) is 14.7 Å². The van der Waals surface area contributed by atoms with Gasteiger partial charge in [-0.1, -0.05) is 12.1 Å². The fourth-order valence-electron chi connectivity index (χ4n) is 3.25. The third-order valence-electron chi connectivity index (χ3n) is 4.74. The largest absolute Gasteiger partial charge is 0.389 e. The number of hydrogen-bond acceptors (Lipinski definition) is 5. The highest BCUT2D eigenvalue weighted by molar-refractivity contribution is 6.00. The molecule has 0 bridgehead atoms. The molecule has 2 heterocycles. The number of hydrogen-bond donors (Lipinski definition) is 2. The van der Waals surface area contributed by atoms with Crippen LogP contribution in [0.4, 0.5) is 5.69 Å². The molecule has 2 N–H and O–H groups in total. The molecule has 0 saturated carbocycles. The van der Waals surface area contributed by atoms with E-state index in [1.807, 2.05) is 37.2 Å². The number of nitrogens with one attached hydrogen (secondary N) is 1. The smallest absolute Gasteiger partial charge is 0.256 e. The third-order valence-corrected chi connectivity index (χ3v) is 4.74. The quantitative estimate of drug-likeness (QED) is 0.846. The van der Waals surface area contributed by atoms with Crippen LogP contribution < -0.4 is 10.2 Å². The standard InChI is InChI=1S/C20H24N4O3/c1-23(2)17-6-4-3-5-15(17)20(27)24-12-9-16(18(25)13-24)22-19(26)14-7-10-21-11-8-14/h3-8,10-11,16,18,25H,9,12-13H2,1-2H3,(H,22,26). The Bertz CT molecular complexity index is 810. The number of benzene rings is 1. The number of para-hydroxylation sites is 1. The van der Waals surface area contributed by atoms with Gasteiger partial charge in [-0.05, 0) is 30.7 Å². The van der Waals surface area contributed by atoms with Crippen molar-refractivity contribution in [3.05, 3.63) is 59.9 Å². The Morgan fingerprint density at radius 1 is 1.19 bits per heavy atom. The zero-order valence-electron chi connectivity index (χ0n) is 15.5. The lowest BCUT2D eigenvalue weighted by Gasteiger charge is -2.36. The van der Waals surface area contributed by atoms with Crippen LogP contribution in [0, 0.1) is 0 Å². The number of aliphatic hydroxyl groups excluding tert-OH is 1. The molecule has 2 aromatic rings. The van der Waals surface area contributed by atoms with Gasteiger partial charge in [0.25, 0.3) is 11.8 Å². The summed E-state index contributed by atoms with van der Waals surface area (Å²) in [4.78, 5) is 32.6. The van der Waals surface area contributed by atoms with Crippen LogP contribution in [-0.4, -0.2) is 66.1 Å². The van der Waals surface area contributed by atoms with Crippen LogP contribution in [0.5, 0.6) is 0 Å². The molecule has 1 aromatic heterocycles. The zero-order valence-corrected chi connectivity index (χ0v) is 15.5. The fraction of sp³-hybridized carbons (Fsp3) is 0.350. The molecule has 7 nitrogen and oxygen atoms in total. The Kier molecular flexibility index (Phi) is 5.71. The molecule has 2 atom stereocenters. The van der Waals surface area contributed by atoms with Crippen molar-refractivity contribution in [2.45, 2.75) is 18.6 Å². The summed E-state index contributed by atoms with van der Waals surface area (Å²) in [5, 5.41) is 13.3. The molecule has 3 rings (SSSR count). The van der Waals surface area contributed by atoms with E-state index in [1.165, 1.54) is 0 Å². The summed E-state index contributed by atoms with van der Waals surface area (Å²) in [6, 6.07) is 10.3. The Morgan fingerprint density at radius 3 is 2.56 bits per heavy atom. The van der Waals surface area contributed by atoms with E-state index in [-0.39, 0.29) is 24.4 Å². The summed E-state index contributed by atoms with van der Waals surface area (Å²) in [7, 11) is 3.78. The van der Waals surface area contributed by atoms with Crippen molar-refractivity contribution >= 4 is 17.5 Å². The van der Waals surface area contributed by atoms with Crippen molar-refractivity contribution in [1.82, 2.24) is 15.2 Å². The maximum Gasteiger partial charge on any atom is 0.256 e. The number of rotatable bonds is 4. The summed E-state index contributed by atoms with van der Waals surface area (Å²) in [5.74, 6) is -0.364. The molecule has 1 saturated heterocycles. The number of anilines is 1. The second kappa shape index (κ2) is 8.18. The van der Waals surface area contributed by atoms with Gasteiger partial charge in [-0.15, -0.1) is 0 Å². The molecule has 1 aliphatic rings. The summed E-state index contributed by atoms with van der Waals surface area (Å²) in [6.07, 6.45) is 2.78. The van der Waals surface area contributed by atoms with Crippen molar-refractivity contribution in [3.63, 3.8) is 0 Å². The van der Waals surface area contributed by atoms with E-state index in [4.69, 9.17) is 0 Å². The van der Waals surface area contributed by atoms with Gasteiger partial charge in [0, 0.05) is 50.8 Å².